The minimum Gasteiger partial charge on any atom is -0.396 e. The molecule has 0 saturated heterocycles. The van der Waals surface area contributed by atoms with Crippen molar-refractivity contribution in [3.8, 4) is 0 Å². The van der Waals surface area contributed by atoms with E-state index in [-0.39, 0.29) is 0 Å². The Kier molecular flexibility index (Phi) is 16.5. The summed E-state index contributed by atoms with van der Waals surface area (Å²) in [5.41, 5.74) is 1.52. The zero-order valence-corrected chi connectivity index (χ0v) is 18.1. The molecule has 1 rings (SSSR count). The van der Waals surface area contributed by atoms with Crippen LogP contribution < -0.4 is 4.57 Å². The van der Waals surface area contributed by atoms with Crippen molar-refractivity contribution in [2.75, 3.05) is 6.61 Å². The van der Waals surface area contributed by atoms with Gasteiger partial charge in [0.2, 0.25) is 0 Å². The summed E-state index contributed by atoms with van der Waals surface area (Å²) < 4.78 is 2.49. The standard InChI is InChI=1S/C25H46NO/c1-2-3-4-5-12-15-20-25-21-16-18-23-26(25)22-17-13-10-8-6-7-9-11-14-19-24-27/h16,18,21,23,27H,2-15,17,19-20,22,24H2,1H3/q+1. The zero-order chi connectivity index (χ0) is 19.4. The van der Waals surface area contributed by atoms with E-state index in [2.05, 4.69) is 35.9 Å². The first-order chi connectivity index (χ1) is 13.4. The van der Waals surface area contributed by atoms with Crippen LogP contribution in [0.1, 0.15) is 115 Å². The van der Waals surface area contributed by atoms with Crippen LogP contribution in [0.3, 0.4) is 0 Å². The van der Waals surface area contributed by atoms with Crippen molar-refractivity contribution in [2.24, 2.45) is 0 Å². The largest absolute Gasteiger partial charge is 0.396 e. The third-order valence-electron chi connectivity index (χ3n) is 5.63. The lowest BCUT2D eigenvalue weighted by Crippen LogP contribution is -2.37. The molecular formula is C25H46NO+. The summed E-state index contributed by atoms with van der Waals surface area (Å²) in [6.07, 6.45) is 24.8. The highest BCUT2D eigenvalue weighted by Gasteiger charge is 2.08. The average molecular weight is 377 g/mol. The van der Waals surface area contributed by atoms with E-state index >= 15 is 0 Å². The molecule has 2 nitrogen and oxygen atoms in total. The molecule has 1 N–H and O–H groups in total. The van der Waals surface area contributed by atoms with Crippen LogP contribution in [0.4, 0.5) is 0 Å². The summed E-state index contributed by atoms with van der Waals surface area (Å²) in [6, 6.07) is 6.70. The van der Waals surface area contributed by atoms with Gasteiger partial charge in [-0.05, 0) is 19.3 Å². The number of hydrogen-bond acceptors (Lipinski definition) is 1. The number of hydrogen-bond donors (Lipinski definition) is 1. The highest BCUT2D eigenvalue weighted by atomic mass is 16.2. The van der Waals surface area contributed by atoms with E-state index in [0.29, 0.717) is 6.61 Å². The Balaban J connectivity index is 2.04. The third-order valence-corrected chi connectivity index (χ3v) is 5.63. The Morgan fingerprint density at radius 2 is 1.22 bits per heavy atom. The van der Waals surface area contributed by atoms with Gasteiger partial charge in [0, 0.05) is 31.6 Å². The van der Waals surface area contributed by atoms with Gasteiger partial charge >= 0.3 is 0 Å². The van der Waals surface area contributed by atoms with Gasteiger partial charge in [0.15, 0.2) is 11.9 Å². The van der Waals surface area contributed by atoms with Gasteiger partial charge in [-0.1, -0.05) is 90.0 Å². The molecule has 1 aromatic rings. The molecule has 0 saturated carbocycles. The van der Waals surface area contributed by atoms with E-state index in [1.165, 1.54) is 115 Å². The molecule has 0 spiro atoms. The van der Waals surface area contributed by atoms with E-state index in [1.54, 1.807) is 0 Å². The van der Waals surface area contributed by atoms with E-state index in [0.717, 1.165) is 6.42 Å². The molecule has 1 heterocycles. The van der Waals surface area contributed by atoms with Gasteiger partial charge in [-0.3, -0.25) is 0 Å². The maximum atomic E-state index is 8.77. The van der Waals surface area contributed by atoms with Gasteiger partial charge in [0.25, 0.3) is 0 Å². The van der Waals surface area contributed by atoms with Gasteiger partial charge in [-0.15, -0.1) is 0 Å². The maximum absolute atomic E-state index is 8.77. The van der Waals surface area contributed by atoms with Crippen molar-refractivity contribution in [1.29, 1.82) is 0 Å². The van der Waals surface area contributed by atoms with Crippen LogP contribution in [-0.2, 0) is 13.0 Å². The number of aliphatic hydroxyl groups is 1. The van der Waals surface area contributed by atoms with E-state index in [1.807, 2.05) is 0 Å². The van der Waals surface area contributed by atoms with Crippen molar-refractivity contribution >= 4 is 0 Å². The number of rotatable bonds is 19. The second kappa shape index (κ2) is 18.5. The lowest BCUT2D eigenvalue weighted by Gasteiger charge is -2.05. The Hall–Kier alpha value is -0.890. The quantitative estimate of drug-likeness (QED) is 0.209. The topological polar surface area (TPSA) is 24.1 Å². The minimum absolute atomic E-state index is 0.361. The molecule has 156 valence electrons. The van der Waals surface area contributed by atoms with Crippen LogP contribution in [0.25, 0.3) is 0 Å². The molecule has 0 unspecified atom stereocenters. The molecule has 0 amide bonds. The Morgan fingerprint density at radius 3 is 1.85 bits per heavy atom. The minimum atomic E-state index is 0.361. The molecule has 0 aliphatic heterocycles. The Morgan fingerprint density at radius 1 is 0.667 bits per heavy atom. The highest BCUT2D eigenvalue weighted by Crippen LogP contribution is 2.11. The van der Waals surface area contributed by atoms with Crippen LogP contribution >= 0.6 is 0 Å². The number of aryl methyl sites for hydroxylation is 2. The van der Waals surface area contributed by atoms with Gasteiger partial charge in [-0.25, -0.2) is 4.57 Å². The SMILES string of the molecule is CCCCCCCCc1cccc[n+]1CCCCCCCCCCCCO. The molecule has 1 aromatic heterocycles. The molecule has 27 heavy (non-hydrogen) atoms. The number of aromatic nitrogens is 1. The molecule has 0 bridgehead atoms. The fourth-order valence-electron chi connectivity index (χ4n) is 3.85. The fraction of sp³-hybridized carbons (Fsp3) is 0.800. The molecule has 0 aliphatic rings. The van der Waals surface area contributed by atoms with Gasteiger partial charge in [0.05, 0.1) is 0 Å². The number of aliphatic hydroxyl groups excluding tert-OH is 1. The summed E-state index contributed by atoms with van der Waals surface area (Å²) in [4.78, 5) is 0. The van der Waals surface area contributed by atoms with Crippen LogP contribution in [0.15, 0.2) is 24.4 Å². The summed E-state index contributed by atoms with van der Waals surface area (Å²) in [7, 11) is 0. The molecule has 0 radical (unpaired) electrons. The van der Waals surface area contributed by atoms with Crippen LogP contribution in [-0.4, -0.2) is 11.7 Å². The normalized spacial score (nSPS) is 11.2. The van der Waals surface area contributed by atoms with Gasteiger partial charge < -0.3 is 5.11 Å². The summed E-state index contributed by atoms with van der Waals surface area (Å²) in [5.74, 6) is 0. The molecule has 0 aliphatic carbocycles. The third kappa shape index (κ3) is 13.9. The van der Waals surface area contributed by atoms with E-state index in [4.69, 9.17) is 5.11 Å². The van der Waals surface area contributed by atoms with Crippen molar-refractivity contribution in [3.05, 3.63) is 30.1 Å². The lowest BCUT2D eigenvalue weighted by molar-refractivity contribution is -0.704. The zero-order valence-electron chi connectivity index (χ0n) is 18.1. The van der Waals surface area contributed by atoms with Crippen LogP contribution in [0, 0.1) is 0 Å². The number of pyridine rings is 1. The fourth-order valence-corrected chi connectivity index (χ4v) is 3.85. The first kappa shape index (κ1) is 24.1. The average Bonchev–Trinajstić information content (AvgIpc) is 2.69. The number of nitrogens with zero attached hydrogens (tertiary/aromatic N) is 1. The predicted octanol–water partition coefficient (Wildman–Crippen LogP) is 6.77. The summed E-state index contributed by atoms with van der Waals surface area (Å²) >= 11 is 0. The van der Waals surface area contributed by atoms with Crippen LogP contribution in [0.5, 0.6) is 0 Å². The first-order valence-electron chi connectivity index (χ1n) is 12.0. The molecule has 0 aromatic carbocycles. The first-order valence-corrected chi connectivity index (χ1v) is 12.0. The summed E-state index contributed by atoms with van der Waals surface area (Å²) in [6.45, 7) is 3.83. The van der Waals surface area contributed by atoms with E-state index in [9.17, 15) is 0 Å². The highest BCUT2D eigenvalue weighted by molar-refractivity contribution is 4.97. The Bertz CT molecular complexity index is 432. The molecule has 0 fully saturated rings. The van der Waals surface area contributed by atoms with Gasteiger partial charge in [0.1, 0.15) is 6.54 Å². The van der Waals surface area contributed by atoms with Crippen molar-refractivity contribution in [2.45, 2.75) is 123 Å². The summed E-state index contributed by atoms with van der Waals surface area (Å²) in [5, 5.41) is 8.77. The molecular weight excluding hydrogens is 330 g/mol. The van der Waals surface area contributed by atoms with Crippen LogP contribution in [0.2, 0.25) is 0 Å². The van der Waals surface area contributed by atoms with Gasteiger partial charge in [-0.2, -0.15) is 0 Å². The molecule has 2 heteroatoms. The second-order valence-electron chi connectivity index (χ2n) is 8.16. The monoisotopic (exact) mass is 376 g/mol. The number of unbranched alkanes of at least 4 members (excludes halogenated alkanes) is 14. The maximum Gasteiger partial charge on any atom is 0.181 e. The second-order valence-corrected chi connectivity index (χ2v) is 8.16. The smallest absolute Gasteiger partial charge is 0.181 e. The Labute approximate surface area is 169 Å². The molecule has 0 atom stereocenters. The lowest BCUT2D eigenvalue weighted by atomic mass is 10.1. The van der Waals surface area contributed by atoms with E-state index < -0.39 is 0 Å². The van der Waals surface area contributed by atoms with Crippen molar-refractivity contribution < 1.29 is 9.67 Å². The predicted molar refractivity (Wildman–Crippen MR) is 117 cm³/mol. The van der Waals surface area contributed by atoms with Crippen molar-refractivity contribution in [3.63, 3.8) is 0 Å². The van der Waals surface area contributed by atoms with Crippen molar-refractivity contribution in [1.82, 2.24) is 0 Å².